The normalized spacial score (nSPS) is 16.9. The first-order chi connectivity index (χ1) is 18.2. The first-order valence-electron chi connectivity index (χ1n) is 13.1. The molecule has 0 radical (unpaired) electrons. The van der Waals surface area contributed by atoms with Crippen LogP contribution in [-0.4, -0.2) is 66.5 Å². The summed E-state index contributed by atoms with van der Waals surface area (Å²) in [5.41, 5.74) is 4.82. The minimum atomic E-state index is -0.0966. The predicted molar refractivity (Wildman–Crippen MR) is 143 cm³/mol. The van der Waals surface area contributed by atoms with Gasteiger partial charge in [0.25, 0.3) is 5.91 Å². The van der Waals surface area contributed by atoms with Gasteiger partial charge in [-0.2, -0.15) is 5.26 Å². The molecule has 3 aromatic rings. The Bertz CT molecular complexity index is 1210. The zero-order chi connectivity index (χ0) is 25.5. The summed E-state index contributed by atoms with van der Waals surface area (Å²) in [5.74, 6) is 0.0639. The van der Waals surface area contributed by atoms with Gasteiger partial charge < -0.3 is 14.5 Å². The number of ether oxygens (including phenoxy) is 1. The van der Waals surface area contributed by atoms with Crippen LogP contribution in [0, 0.1) is 11.3 Å². The first kappa shape index (κ1) is 24.9. The lowest BCUT2D eigenvalue weighted by atomic mass is 10.1. The van der Waals surface area contributed by atoms with Crippen LogP contribution in [-0.2, 0) is 11.3 Å². The van der Waals surface area contributed by atoms with Gasteiger partial charge in [-0.05, 0) is 60.4 Å². The number of carbonyl (C=O) groups is 1. The summed E-state index contributed by atoms with van der Waals surface area (Å²) >= 11 is 0. The molecule has 7 heteroatoms. The number of nitriles is 1. The van der Waals surface area contributed by atoms with Crippen LogP contribution in [0.5, 0.6) is 0 Å². The van der Waals surface area contributed by atoms with Crippen molar-refractivity contribution in [2.75, 3.05) is 50.7 Å². The van der Waals surface area contributed by atoms with Gasteiger partial charge in [0, 0.05) is 69.5 Å². The van der Waals surface area contributed by atoms with Gasteiger partial charge in [0.2, 0.25) is 0 Å². The van der Waals surface area contributed by atoms with Crippen molar-refractivity contribution in [2.24, 2.45) is 0 Å². The first-order valence-corrected chi connectivity index (χ1v) is 13.1. The van der Waals surface area contributed by atoms with Crippen LogP contribution in [0.25, 0.3) is 0 Å². The van der Waals surface area contributed by atoms with E-state index in [1.807, 2.05) is 29.2 Å². The lowest BCUT2D eigenvalue weighted by molar-refractivity contribution is 0.00344. The fourth-order valence-electron chi connectivity index (χ4n) is 5.07. The third-order valence-electron chi connectivity index (χ3n) is 7.26. The topological polar surface area (TPSA) is 72.7 Å². The van der Waals surface area contributed by atoms with Crippen molar-refractivity contribution < 1.29 is 9.53 Å². The quantitative estimate of drug-likeness (QED) is 0.465. The van der Waals surface area contributed by atoms with Crippen molar-refractivity contribution in [1.29, 1.82) is 5.26 Å². The SMILES string of the molecule is N#Cc1ccc(COC(CN2CCN(C(=O)c3ccncc3)CC2)c2cccc(N3CCCC3)c2)cc1. The van der Waals surface area contributed by atoms with Crippen LogP contribution < -0.4 is 4.90 Å². The van der Waals surface area contributed by atoms with Crippen molar-refractivity contribution >= 4 is 11.6 Å². The summed E-state index contributed by atoms with van der Waals surface area (Å²) in [6.45, 7) is 6.44. The number of hydrogen-bond donors (Lipinski definition) is 0. The summed E-state index contributed by atoms with van der Waals surface area (Å²) in [4.78, 5) is 23.6. The van der Waals surface area contributed by atoms with Crippen LogP contribution in [0.3, 0.4) is 0 Å². The molecule has 1 unspecified atom stereocenters. The number of carbonyl (C=O) groups excluding carboxylic acids is 1. The Hall–Kier alpha value is -3.73. The molecule has 5 rings (SSSR count). The van der Waals surface area contributed by atoms with Crippen LogP contribution in [0.2, 0.25) is 0 Å². The molecular formula is C30H33N5O2. The maximum absolute atomic E-state index is 12.8. The fraction of sp³-hybridized carbons (Fsp3) is 0.367. The van der Waals surface area contributed by atoms with Gasteiger partial charge in [0.15, 0.2) is 0 Å². The molecule has 3 heterocycles. The molecule has 1 amide bonds. The predicted octanol–water partition coefficient (Wildman–Crippen LogP) is 4.27. The average molecular weight is 496 g/mol. The summed E-state index contributed by atoms with van der Waals surface area (Å²) in [7, 11) is 0. The monoisotopic (exact) mass is 495 g/mol. The molecule has 1 aromatic heterocycles. The average Bonchev–Trinajstić information content (AvgIpc) is 3.51. The molecule has 0 aliphatic carbocycles. The Morgan fingerprint density at radius 1 is 0.946 bits per heavy atom. The molecular weight excluding hydrogens is 462 g/mol. The minimum absolute atomic E-state index is 0.0639. The molecule has 2 saturated heterocycles. The Labute approximate surface area is 218 Å². The van der Waals surface area contributed by atoms with Gasteiger partial charge in [-0.15, -0.1) is 0 Å². The van der Waals surface area contributed by atoms with Gasteiger partial charge in [-0.25, -0.2) is 0 Å². The van der Waals surface area contributed by atoms with Crippen molar-refractivity contribution in [3.05, 3.63) is 95.3 Å². The van der Waals surface area contributed by atoms with Gasteiger partial charge in [-0.3, -0.25) is 14.7 Å². The van der Waals surface area contributed by atoms with Crippen LogP contribution in [0.1, 0.15) is 46.0 Å². The van der Waals surface area contributed by atoms with Gasteiger partial charge >= 0.3 is 0 Å². The van der Waals surface area contributed by atoms with E-state index in [1.165, 1.54) is 24.1 Å². The van der Waals surface area contributed by atoms with E-state index in [-0.39, 0.29) is 12.0 Å². The molecule has 37 heavy (non-hydrogen) atoms. The third kappa shape index (κ3) is 6.34. The second-order valence-electron chi connectivity index (χ2n) is 9.73. The van der Waals surface area contributed by atoms with Gasteiger partial charge in [0.05, 0.1) is 24.3 Å². The van der Waals surface area contributed by atoms with E-state index in [0.717, 1.165) is 38.3 Å². The molecule has 0 saturated carbocycles. The molecule has 0 bridgehead atoms. The molecule has 2 aliphatic rings. The van der Waals surface area contributed by atoms with E-state index in [2.05, 4.69) is 45.1 Å². The zero-order valence-corrected chi connectivity index (χ0v) is 21.1. The Kier molecular flexibility index (Phi) is 8.09. The maximum atomic E-state index is 12.8. The van der Waals surface area contributed by atoms with Crippen molar-refractivity contribution in [2.45, 2.75) is 25.6 Å². The Morgan fingerprint density at radius 2 is 1.68 bits per heavy atom. The summed E-state index contributed by atoms with van der Waals surface area (Å²) < 4.78 is 6.52. The van der Waals surface area contributed by atoms with Crippen molar-refractivity contribution in [3.8, 4) is 6.07 Å². The molecule has 2 aromatic carbocycles. The molecule has 7 nitrogen and oxygen atoms in total. The molecule has 0 spiro atoms. The highest BCUT2D eigenvalue weighted by Crippen LogP contribution is 2.27. The van der Waals surface area contributed by atoms with E-state index in [1.54, 1.807) is 24.5 Å². The van der Waals surface area contributed by atoms with Crippen LogP contribution in [0.15, 0.2) is 73.1 Å². The van der Waals surface area contributed by atoms with E-state index < -0.39 is 0 Å². The summed E-state index contributed by atoms with van der Waals surface area (Å²) in [6.07, 6.45) is 5.71. The molecule has 190 valence electrons. The molecule has 2 aliphatic heterocycles. The highest BCUT2D eigenvalue weighted by atomic mass is 16.5. The van der Waals surface area contributed by atoms with Gasteiger partial charge in [0.1, 0.15) is 0 Å². The van der Waals surface area contributed by atoms with Crippen molar-refractivity contribution in [1.82, 2.24) is 14.8 Å². The fourth-order valence-corrected chi connectivity index (χ4v) is 5.07. The third-order valence-corrected chi connectivity index (χ3v) is 7.26. The Morgan fingerprint density at radius 3 is 2.38 bits per heavy atom. The number of aromatic nitrogens is 1. The van der Waals surface area contributed by atoms with E-state index in [0.29, 0.717) is 30.8 Å². The van der Waals surface area contributed by atoms with Crippen LogP contribution in [0.4, 0.5) is 5.69 Å². The number of pyridine rings is 1. The van der Waals surface area contributed by atoms with Crippen molar-refractivity contribution in [3.63, 3.8) is 0 Å². The Balaban J connectivity index is 1.26. The number of hydrogen-bond acceptors (Lipinski definition) is 6. The second kappa shape index (κ2) is 12.0. The summed E-state index contributed by atoms with van der Waals surface area (Å²) in [6, 6.07) is 22.1. The zero-order valence-electron chi connectivity index (χ0n) is 21.1. The lowest BCUT2D eigenvalue weighted by Crippen LogP contribution is -2.49. The van der Waals surface area contributed by atoms with Crippen LogP contribution >= 0.6 is 0 Å². The number of piperazine rings is 1. The second-order valence-corrected chi connectivity index (χ2v) is 9.73. The number of benzene rings is 2. The highest BCUT2D eigenvalue weighted by molar-refractivity contribution is 5.94. The number of anilines is 1. The van der Waals surface area contributed by atoms with E-state index in [4.69, 9.17) is 10.00 Å². The van der Waals surface area contributed by atoms with Gasteiger partial charge in [-0.1, -0.05) is 24.3 Å². The minimum Gasteiger partial charge on any atom is -0.372 e. The van der Waals surface area contributed by atoms with E-state index in [9.17, 15) is 4.79 Å². The highest BCUT2D eigenvalue weighted by Gasteiger charge is 2.25. The largest absolute Gasteiger partial charge is 0.372 e. The molecule has 1 atom stereocenters. The maximum Gasteiger partial charge on any atom is 0.254 e. The lowest BCUT2D eigenvalue weighted by Gasteiger charge is -2.36. The smallest absolute Gasteiger partial charge is 0.254 e. The number of rotatable bonds is 8. The molecule has 0 N–H and O–H groups in total. The number of nitrogens with zero attached hydrogens (tertiary/aromatic N) is 5. The summed E-state index contributed by atoms with van der Waals surface area (Å²) in [5, 5.41) is 9.09. The van der Waals surface area contributed by atoms with E-state index >= 15 is 0 Å². The molecule has 2 fully saturated rings. The number of amides is 1. The standard InChI is InChI=1S/C30H33N5O2/c31-21-24-6-8-25(9-7-24)23-37-29(27-4-3-5-28(20-27)34-14-1-2-15-34)22-33-16-18-35(19-17-33)30(36)26-10-12-32-13-11-26/h3-13,20,29H,1-2,14-19,22-23H2.